The summed E-state index contributed by atoms with van der Waals surface area (Å²) >= 11 is 9.35. The molecule has 1 aromatic rings. The standard InChI is InChI=1S/C14H19BrClNO2/c15-14-5-12(16)4-3-11(14)6-17-7-13(18)9-19-8-10-1-2-10/h3-5,10,13,17-18H,1-2,6-9H2. The van der Waals surface area contributed by atoms with Crippen LogP contribution in [0.3, 0.4) is 0 Å². The van der Waals surface area contributed by atoms with Gasteiger partial charge in [0.05, 0.1) is 12.7 Å². The molecule has 1 unspecified atom stereocenters. The van der Waals surface area contributed by atoms with E-state index in [2.05, 4.69) is 21.2 Å². The zero-order chi connectivity index (χ0) is 13.7. The molecule has 2 N–H and O–H groups in total. The van der Waals surface area contributed by atoms with E-state index >= 15 is 0 Å². The van der Waals surface area contributed by atoms with Crippen molar-refractivity contribution in [2.75, 3.05) is 19.8 Å². The Balaban J connectivity index is 1.61. The van der Waals surface area contributed by atoms with Crippen molar-refractivity contribution < 1.29 is 9.84 Å². The van der Waals surface area contributed by atoms with Crippen LogP contribution in [0.5, 0.6) is 0 Å². The minimum atomic E-state index is -0.454. The zero-order valence-corrected chi connectivity index (χ0v) is 13.1. The van der Waals surface area contributed by atoms with Gasteiger partial charge in [0.1, 0.15) is 0 Å². The van der Waals surface area contributed by atoms with Crippen molar-refractivity contribution in [1.82, 2.24) is 5.32 Å². The summed E-state index contributed by atoms with van der Waals surface area (Å²) in [6.07, 6.45) is 2.10. The Morgan fingerprint density at radius 1 is 1.47 bits per heavy atom. The SMILES string of the molecule is OC(CNCc1ccc(Cl)cc1Br)COCC1CC1. The molecular weight excluding hydrogens is 330 g/mol. The fraction of sp³-hybridized carbons (Fsp3) is 0.571. The van der Waals surface area contributed by atoms with E-state index in [1.54, 1.807) is 0 Å². The van der Waals surface area contributed by atoms with Gasteiger partial charge in [-0.2, -0.15) is 0 Å². The molecule has 5 heteroatoms. The van der Waals surface area contributed by atoms with E-state index in [4.69, 9.17) is 16.3 Å². The third-order valence-corrected chi connectivity index (χ3v) is 4.04. The molecule has 1 atom stereocenters. The Morgan fingerprint density at radius 3 is 2.95 bits per heavy atom. The van der Waals surface area contributed by atoms with Crippen LogP contribution in [0.1, 0.15) is 18.4 Å². The molecule has 1 fully saturated rings. The van der Waals surface area contributed by atoms with Gasteiger partial charge in [-0.15, -0.1) is 0 Å². The molecule has 0 radical (unpaired) electrons. The van der Waals surface area contributed by atoms with Crippen molar-refractivity contribution in [2.24, 2.45) is 5.92 Å². The van der Waals surface area contributed by atoms with Crippen molar-refractivity contribution in [3.05, 3.63) is 33.3 Å². The van der Waals surface area contributed by atoms with Crippen molar-refractivity contribution in [3.8, 4) is 0 Å². The first-order valence-electron chi connectivity index (χ1n) is 6.55. The number of aliphatic hydroxyl groups is 1. The molecule has 0 amide bonds. The first kappa shape index (κ1) is 15.3. The molecule has 0 saturated heterocycles. The number of benzene rings is 1. The number of hydrogen-bond acceptors (Lipinski definition) is 3. The van der Waals surface area contributed by atoms with Crippen LogP contribution in [-0.4, -0.2) is 31.0 Å². The fourth-order valence-corrected chi connectivity index (χ4v) is 2.58. The molecule has 2 rings (SSSR count). The molecule has 3 nitrogen and oxygen atoms in total. The summed E-state index contributed by atoms with van der Waals surface area (Å²) in [6, 6.07) is 5.70. The Hall–Kier alpha value is -0.130. The molecule has 19 heavy (non-hydrogen) atoms. The molecule has 1 saturated carbocycles. The van der Waals surface area contributed by atoms with Gasteiger partial charge in [0.25, 0.3) is 0 Å². The highest BCUT2D eigenvalue weighted by molar-refractivity contribution is 9.10. The van der Waals surface area contributed by atoms with Gasteiger partial charge in [-0.05, 0) is 36.5 Å². The van der Waals surface area contributed by atoms with Crippen LogP contribution < -0.4 is 5.32 Å². The first-order valence-corrected chi connectivity index (χ1v) is 7.72. The number of ether oxygens (including phenoxy) is 1. The predicted octanol–water partition coefficient (Wildman–Crippen LogP) is 2.98. The molecule has 0 aliphatic heterocycles. The Labute approximate surface area is 127 Å². The van der Waals surface area contributed by atoms with Gasteiger partial charge in [-0.3, -0.25) is 0 Å². The fourth-order valence-electron chi connectivity index (χ4n) is 1.75. The molecule has 1 aliphatic carbocycles. The van der Waals surface area contributed by atoms with Crippen LogP contribution in [0, 0.1) is 5.92 Å². The summed E-state index contributed by atoms with van der Waals surface area (Å²) in [6.45, 7) is 2.42. The average molecular weight is 349 g/mol. The van der Waals surface area contributed by atoms with Gasteiger partial charge in [0.2, 0.25) is 0 Å². The van der Waals surface area contributed by atoms with Crippen molar-refractivity contribution in [3.63, 3.8) is 0 Å². The Kier molecular flexibility index (Phi) is 6.10. The van der Waals surface area contributed by atoms with Gasteiger partial charge in [0, 0.05) is 29.2 Å². The highest BCUT2D eigenvalue weighted by Gasteiger charge is 2.21. The number of rotatable bonds is 8. The molecule has 0 spiro atoms. The maximum atomic E-state index is 9.75. The van der Waals surface area contributed by atoms with Gasteiger partial charge in [-0.1, -0.05) is 33.6 Å². The van der Waals surface area contributed by atoms with Crippen LogP contribution in [0.4, 0.5) is 0 Å². The summed E-state index contributed by atoms with van der Waals surface area (Å²) in [5.41, 5.74) is 1.12. The van der Waals surface area contributed by atoms with E-state index in [1.807, 2.05) is 18.2 Å². The van der Waals surface area contributed by atoms with E-state index < -0.39 is 6.10 Å². The van der Waals surface area contributed by atoms with E-state index in [9.17, 15) is 5.11 Å². The lowest BCUT2D eigenvalue weighted by Gasteiger charge is -2.13. The maximum absolute atomic E-state index is 9.75. The molecule has 0 bridgehead atoms. The van der Waals surface area contributed by atoms with Crippen LogP contribution in [0.15, 0.2) is 22.7 Å². The lowest BCUT2D eigenvalue weighted by atomic mass is 10.2. The largest absolute Gasteiger partial charge is 0.389 e. The summed E-state index contributed by atoms with van der Waals surface area (Å²) < 4.78 is 6.42. The summed E-state index contributed by atoms with van der Waals surface area (Å²) in [4.78, 5) is 0. The molecule has 1 aromatic carbocycles. The summed E-state index contributed by atoms with van der Waals surface area (Å²) in [5.74, 6) is 0.741. The van der Waals surface area contributed by atoms with Crippen LogP contribution in [0.2, 0.25) is 5.02 Å². The number of nitrogens with one attached hydrogen (secondary N) is 1. The number of aliphatic hydroxyl groups excluding tert-OH is 1. The molecule has 0 heterocycles. The predicted molar refractivity (Wildman–Crippen MR) is 80.4 cm³/mol. The van der Waals surface area contributed by atoms with Crippen LogP contribution >= 0.6 is 27.5 Å². The second-order valence-corrected chi connectivity index (χ2v) is 6.29. The molecule has 106 valence electrons. The Bertz CT molecular complexity index is 412. The Morgan fingerprint density at radius 2 is 2.26 bits per heavy atom. The normalized spacial score (nSPS) is 16.6. The second kappa shape index (κ2) is 7.60. The summed E-state index contributed by atoms with van der Waals surface area (Å²) in [5, 5.41) is 13.7. The van der Waals surface area contributed by atoms with E-state index in [1.165, 1.54) is 12.8 Å². The van der Waals surface area contributed by atoms with E-state index in [0.29, 0.717) is 24.7 Å². The third-order valence-electron chi connectivity index (χ3n) is 3.07. The van der Waals surface area contributed by atoms with E-state index in [-0.39, 0.29) is 0 Å². The lowest BCUT2D eigenvalue weighted by Crippen LogP contribution is -2.30. The number of hydrogen-bond donors (Lipinski definition) is 2. The van der Waals surface area contributed by atoms with Crippen LogP contribution in [0.25, 0.3) is 0 Å². The van der Waals surface area contributed by atoms with Gasteiger partial charge in [-0.25, -0.2) is 0 Å². The van der Waals surface area contributed by atoms with Gasteiger partial charge in [0.15, 0.2) is 0 Å². The second-order valence-electron chi connectivity index (χ2n) is 5.00. The van der Waals surface area contributed by atoms with Crippen LogP contribution in [-0.2, 0) is 11.3 Å². The van der Waals surface area contributed by atoms with Crippen molar-refractivity contribution in [2.45, 2.75) is 25.5 Å². The van der Waals surface area contributed by atoms with Gasteiger partial charge >= 0.3 is 0 Å². The monoisotopic (exact) mass is 347 g/mol. The quantitative estimate of drug-likeness (QED) is 0.759. The minimum absolute atomic E-state index is 0.408. The molecule has 1 aliphatic rings. The van der Waals surface area contributed by atoms with Gasteiger partial charge < -0.3 is 15.2 Å². The summed E-state index contributed by atoms with van der Waals surface area (Å²) in [7, 11) is 0. The van der Waals surface area contributed by atoms with Crippen molar-refractivity contribution in [1.29, 1.82) is 0 Å². The smallest absolute Gasteiger partial charge is 0.0897 e. The molecular formula is C14H19BrClNO2. The molecule has 0 aromatic heterocycles. The topological polar surface area (TPSA) is 41.5 Å². The highest BCUT2D eigenvalue weighted by atomic mass is 79.9. The minimum Gasteiger partial charge on any atom is -0.389 e. The van der Waals surface area contributed by atoms with Crippen molar-refractivity contribution >= 4 is 27.5 Å². The highest BCUT2D eigenvalue weighted by Crippen LogP contribution is 2.28. The number of halogens is 2. The zero-order valence-electron chi connectivity index (χ0n) is 10.7. The first-order chi connectivity index (χ1) is 9.15. The van der Waals surface area contributed by atoms with E-state index in [0.717, 1.165) is 22.6 Å². The lowest BCUT2D eigenvalue weighted by molar-refractivity contribution is 0.0324. The average Bonchev–Trinajstić information content (AvgIpc) is 3.16. The third kappa shape index (κ3) is 5.79. The maximum Gasteiger partial charge on any atom is 0.0897 e.